The predicted octanol–water partition coefficient (Wildman–Crippen LogP) is 3.91. The minimum absolute atomic E-state index is 0.387. The van der Waals surface area contributed by atoms with Crippen molar-refractivity contribution in [2.45, 2.75) is 18.5 Å². The van der Waals surface area contributed by atoms with Gasteiger partial charge in [0.05, 0.1) is 6.04 Å². The molecule has 3 aromatic carbocycles. The molecule has 35 heavy (non-hydrogen) atoms. The number of carbonyl (C=O) groups excluding carboxylic acids is 3. The van der Waals surface area contributed by atoms with Crippen LogP contribution in [0.2, 0.25) is 0 Å². The van der Waals surface area contributed by atoms with E-state index in [1.54, 1.807) is 19.3 Å². The second-order valence-corrected chi connectivity index (χ2v) is 8.70. The first-order chi connectivity index (χ1) is 17.0. The first kappa shape index (κ1) is 22.3. The molecule has 2 unspecified atom stereocenters. The van der Waals surface area contributed by atoms with Crippen LogP contribution in [0.25, 0.3) is 10.8 Å². The van der Waals surface area contributed by atoms with Crippen LogP contribution in [0.5, 0.6) is 0 Å². The lowest BCUT2D eigenvalue weighted by Gasteiger charge is -2.23. The van der Waals surface area contributed by atoms with Crippen molar-refractivity contribution in [1.29, 1.82) is 0 Å². The fourth-order valence-electron chi connectivity index (χ4n) is 4.45. The first-order valence-corrected chi connectivity index (χ1v) is 11.3. The molecule has 7 heteroatoms. The quantitative estimate of drug-likeness (QED) is 0.423. The van der Waals surface area contributed by atoms with Gasteiger partial charge in [0, 0.05) is 12.4 Å². The molecular formula is C28H24N4O3. The smallest absolute Gasteiger partial charge is 0.325 e. The molecule has 4 amide bonds. The maximum absolute atomic E-state index is 13.4. The van der Waals surface area contributed by atoms with E-state index in [0.29, 0.717) is 5.56 Å². The largest absolute Gasteiger partial charge is 0.344 e. The van der Waals surface area contributed by atoms with Crippen molar-refractivity contribution < 1.29 is 14.4 Å². The molecule has 0 radical (unpaired) electrons. The number of hydrogen-bond acceptors (Lipinski definition) is 4. The Hall–Kier alpha value is -4.52. The monoisotopic (exact) mass is 464 g/mol. The van der Waals surface area contributed by atoms with Crippen LogP contribution in [0.4, 0.5) is 4.79 Å². The van der Waals surface area contributed by atoms with Crippen LogP contribution in [0, 0.1) is 0 Å². The molecule has 0 spiro atoms. The molecule has 2 N–H and O–H groups in total. The average Bonchev–Trinajstić information content (AvgIpc) is 3.11. The normalized spacial score (nSPS) is 18.4. The Labute approximate surface area is 202 Å². The van der Waals surface area contributed by atoms with Crippen molar-refractivity contribution in [1.82, 2.24) is 20.5 Å². The van der Waals surface area contributed by atoms with Gasteiger partial charge in [-0.25, -0.2) is 4.79 Å². The molecule has 5 rings (SSSR count). The van der Waals surface area contributed by atoms with Crippen molar-refractivity contribution in [3.63, 3.8) is 0 Å². The van der Waals surface area contributed by atoms with E-state index in [-0.39, 0.29) is 6.54 Å². The Morgan fingerprint density at radius 3 is 2.31 bits per heavy atom. The summed E-state index contributed by atoms with van der Waals surface area (Å²) in [7, 11) is 0. The standard InChI is InChI=1S/C28H24N4O3/c1-28(23-12-11-19-7-5-6-10-22(19)17-23)26(34)32(27(35)31-28)18-24(33)30-25(20-8-3-2-4-9-20)21-13-15-29-16-14-21/h2-17,25H,18H2,1H3,(H,30,33)(H,31,35). The summed E-state index contributed by atoms with van der Waals surface area (Å²) in [5.74, 6) is -0.907. The molecule has 4 aromatic rings. The van der Waals surface area contributed by atoms with E-state index in [1.165, 1.54) is 0 Å². The molecule has 1 saturated heterocycles. The van der Waals surface area contributed by atoms with Crippen LogP contribution in [0.3, 0.4) is 0 Å². The number of benzene rings is 3. The number of fused-ring (bicyclic) bond motifs is 1. The number of carbonyl (C=O) groups is 3. The summed E-state index contributed by atoms with van der Waals surface area (Å²) in [5.41, 5.74) is 1.13. The van der Waals surface area contributed by atoms with Crippen molar-refractivity contribution in [2.75, 3.05) is 6.54 Å². The summed E-state index contributed by atoms with van der Waals surface area (Å²) in [6.45, 7) is 1.28. The van der Waals surface area contributed by atoms with Crippen LogP contribution in [0.15, 0.2) is 97.3 Å². The van der Waals surface area contributed by atoms with Gasteiger partial charge in [-0.15, -0.1) is 0 Å². The van der Waals surface area contributed by atoms with Crippen LogP contribution >= 0.6 is 0 Å². The van der Waals surface area contributed by atoms with E-state index >= 15 is 0 Å². The summed E-state index contributed by atoms with van der Waals surface area (Å²) >= 11 is 0. The van der Waals surface area contributed by atoms with Gasteiger partial charge in [0.25, 0.3) is 5.91 Å². The third kappa shape index (κ3) is 4.24. The molecule has 174 valence electrons. The second-order valence-electron chi connectivity index (χ2n) is 8.70. The van der Waals surface area contributed by atoms with Gasteiger partial charge in [-0.05, 0) is 52.6 Å². The fourth-order valence-corrected chi connectivity index (χ4v) is 4.45. The Morgan fingerprint density at radius 1 is 0.914 bits per heavy atom. The van der Waals surface area contributed by atoms with Crippen LogP contribution < -0.4 is 10.6 Å². The van der Waals surface area contributed by atoms with Gasteiger partial charge in [0.1, 0.15) is 12.1 Å². The van der Waals surface area contributed by atoms with E-state index in [0.717, 1.165) is 26.8 Å². The molecule has 1 aromatic heterocycles. The summed E-state index contributed by atoms with van der Waals surface area (Å²) in [6.07, 6.45) is 3.31. The summed E-state index contributed by atoms with van der Waals surface area (Å²) in [5, 5.41) is 7.75. The SMILES string of the molecule is CC1(c2ccc3ccccc3c2)NC(=O)N(CC(=O)NC(c2ccccc2)c2ccncc2)C1=O. The molecule has 2 atom stereocenters. The highest BCUT2D eigenvalue weighted by molar-refractivity contribution is 6.09. The Morgan fingerprint density at radius 2 is 1.57 bits per heavy atom. The van der Waals surface area contributed by atoms with Gasteiger partial charge in [-0.3, -0.25) is 19.5 Å². The lowest BCUT2D eigenvalue weighted by Crippen LogP contribution is -2.44. The van der Waals surface area contributed by atoms with Gasteiger partial charge in [-0.1, -0.05) is 66.7 Å². The Kier molecular flexibility index (Phi) is 5.74. The number of pyridine rings is 1. The third-order valence-electron chi connectivity index (χ3n) is 6.38. The number of rotatable bonds is 6. The first-order valence-electron chi connectivity index (χ1n) is 11.3. The molecular weight excluding hydrogens is 440 g/mol. The fraction of sp³-hybridized carbons (Fsp3) is 0.143. The van der Waals surface area contributed by atoms with E-state index in [1.807, 2.05) is 84.9 Å². The topological polar surface area (TPSA) is 91.4 Å². The van der Waals surface area contributed by atoms with Gasteiger partial charge >= 0.3 is 6.03 Å². The zero-order valence-corrected chi connectivity index (χ0v) is 19.1. The van der Waals surface area contributed by atoms with E-state index < -0.39 is 29.4 Å². The maximum Gasteiger partial charge on any atom is 0.325 e. The molecule has 0 aliphatic carbocycles. The van der Waals surface area contributed by atoms with Gasteiger partial charge in [0.15, 0.2) is 0 Å². The second kappa shape index (κ2) is 9.02. The van der Waals surface area contributed by atoms with Crippen LogP contribution in [-0.4, -0.2) is 34.3 Å². The third-order valence-corrected chi connectivity index (χ3v) is 6.38. The lowest BCUT2D eigenvalue weighted by atomic mass is 9.90. The molecule has 2 heterocycles. The van der Waals surface area contributed by atoms with E-state index in [9.17, 15) is 14.4 Å². The number of imide groups is 1. The van der Waals surface area contributed by atoms with Crippen molar-refractivity contribution in [2.24, 2.45) is 0 Å². The van der Waals surface area contributed by atoms with E-state index in [4.69, 9.17) is 0 Å². The number of nitrogens with one attached hydrogen (secondary N) is 2. The minimum Gasteiger partial charge on any atom is -0.344 e. The molecule has 1 aliphatic heterocycles. The van der Waals surface area contributed by atoms with E-state index in [2.05, 4.69) is 15.6 Å². The predicted molar refractivity (Wildman–Crippen MR) is 132 cm³/mol. The van der Waals surface area contributed by atoms with Crippen molar-refractivity contribution in [3.8, 4) is 0 Å². The Balaban J connectivity index is 1.37. The number of urea groups is 1. The van der Waals surface area contributed by atoms with Crippen LogP contribution in [-0.2, 0) is 15.1 Å². The molecule has 7 nitrogen and oxygen atoms in total. The summed E-state index contributed by atoms with van der Waals surface area (Å²) in [4.78, 5) is 44.3. The van der Waals surface area contributed by atoms with Crippen molar-refractivity contribution in [3.05, 3.63) is 114 Å². The zero-order valence-electron chi connectivity index (χ0n) is 19.1. The Bertz CT molecular complexity index is 1370. The number of nitrogens with zero attached hydrogens (tertiary/aromatic N) is 2. The number of amides is 4. The van der Waals surface area contributed by atoms with Gasteiger partial charge < -0.3 is 10.6 Å². The summed E-state index contributed by atoms with van der Waals surface area (Å²) in [6, 6.07) is 25.6. The highest BCUT2D eigenvalue weighted by Gasteiger charge is 2.49. The number of hydrogen-bond donors (Lipinski definition) is 2. The molecule has 1 fully saturated rings. The molecule has 0 saturated carbocycles. The highest BCUT2D eigenvalue weighted by Crippen LogP contribution is 2.31. The number of aromatic nitrogens is 1. The maximum atomic E-state index is 13.4. The van der Waals surface area contributed by atoms with Crippen molar-refractivity contribution >= 4 is 28.6 Å². The lowest BCUT2D eigenvalue weighted by molar-refractivity contribution is -0.135. The average molecular weight is 465 g/mol. The highest BCUT2D eigenvalue weighted by atomic mass is 16.2. The summed E-state index contributed by atoms with van der Waals surface area (Å²) < 4.78 is 0. The zero-order chi connectivity index (χ0) is 24.4. The van der Waals surface area contributed by atoms with Crippen LogP contribution in [0.1, 0.15) is 29.7 Å². The minimum atomic E-state index is -1.26. The van der Waals surface area contributed by atoms with Gasteiger partial charge in [0.2, 0.25) is 5.91 Å². The molecule has 0 bridgehead atoms. The molecule has 1 aliphatic rings. The van der Waals surface area contributed by atoms with Gasteiger partial charge in [-0.2, -0.15) is 0 Å².